The number of nitrogens with zero attached hydrogens (tertiary/aromatic N) is 2. The van der Waals surface area contributed by atoms with Crippen LogP contribution in [-0.2, 0) is 34.3 Å². The summed E-state index contributed by atoms with van der Waals surface area (Å²) in [6.07, 6.45) is 0.462. The second-order valence-corrected chi connectivity index (χ2v) is 11.2. The average molecular weight is 497 g/mol. The predicted molar refractivity (Wildman–Crippen MR) is 126 cm³/mol. The lowest BCUT2D eigenvalue weighted by atomic mass is 10.0. The lowest BCUT2D eigenvalue weighted by molar-refractivity contribution is 0.0595. The molecular weight excluding hydrogens is 467 g/mol. The second-order valence-electron chi connectivity index (χ2n) is 7.96. The molecule has 0 N–H and O–H groups in total. The summed E-state index contributed by atoms with van der Waals surface area (Å²) in [5, 5.41) is 0. The molecule has 0 bridgehead atoms. The Bertz CT molecular complexity index is 1160. The molecule has 0 saturated carbocycles. The van der Waals surface area contributed by atoms with Gasteiger partial charge in [-0.3, -0.25) is 4.90 Å². The Hall–Kier alpha value is -2.27. The van der Waals surface area contributed by atoms with Crippen LogP contribution in [-0.4, -0.2) is 57.4 Å². The number of esters is 1. The molecule has 0 unspecified atom stereocenters. The number of hydrogen-bond acceptors (Lipinski definition) is 7. The number of carbonyl (C=O) groups is 1. The van der Waals surface area contributed by atoms with Crippen LogP contribution in [0.4, 0.5) is 4.39 Å². The molecule has 2 aromatic rings. The van der Waals surface area contributed by atoms with Gasteiger partial charge in [0.2, 0.25) is 0 Å². The molecule has 0 amide bonds. The first kappa shape index (κ1) is 25.4. The summed E-state index contributed by atoms with van der Waals surface area (Å²) in [6.45, 7) is 9.04. The van der Waals surface area contributed by atoms with Crippen molar-refractivity contribution in [3.05, 3.63) is 57.7 Å². The summed E-state index contributed by atoms with van der Waals surface area (Å²) in [5.74, 6) is -0.423. The summed E-state index contributed by atoms with van der Waals surface area (Å²) >= 11 is 1.09. The maximum Gasteiger partial charge on any atom is 0.340 e. The minimum atomic E-state index is -3.92. The van der Waals surface area contributed by atoms with Crippen molar-refractivity contribution in [3.63, 3.8) is 0 Å². The number of rotatable bonds is 9. The summed E-state index contributed by atoms with van der Waals surface area (Å²) in [5.41, 5.74) is 2.01. The third-order valence-corrected chi connectivity index (χ3v) is 9.15. The van der Waals surface area contributed by atoms with Gasteiger partial charge in [0.1, 0.15) is 15.8 Å². The Morgan fingerprint density at radius 2 is 2.06 bits per heavy atom. The SMILES string of the molecule is C=C(C)CN(CC)S(=O)(=O)c1sc2c(c1C(=O)OC)CCN(Cc1cc(OC)ccc1F)C2. The molecule has 1 aromatic heterocycles. The van der Waals surface area contributed by atoms with Gasteiger partial charge >= 0.3 is 5.97 Å². The van der Waals surface area contributed by atoms with Crippen LogP contribution in [0.3, 0.4) is 0 Å². The molecule has 33 heavy (non-hydrogen) atoms. The average Bonchev–Trinajstić information content (AvgIpc) is 3.17. The van der Waals surface area contributed by atoms with Crippen molar-refractivity contribution in [1.82, 2.24) is 9.21 Å². The van der Waals surface area contributed by atoms with Crippen LogP contribution in [0.1, 0.15) is 40.2 Å². The fraction of sp³-hybridized carbons (Fsp3) is 0.435. The molecular formula is C23H29FN2O5S2. The summed E-state index contributed by atoms with van der Waals surface area (Å²) in [4.78, 5) is 15.4. The van der Waals surface area contributed by atoms with E-state index in [1.165, 1.54) is 24.6 Å². The number of hydrogen-bond donors (Lipinski definition) is 0. The van der Waals surface area contributed by atoms with E-state index < -0.39 is 16.0 Å². The molecule has 1 aromatic carbocycles. The highest BCUT2D eigenvalue weighted by molar-refractivity contribution is 7.91. The number of carbonyl (C=O) groups excluding carboxylic acids is 1. The molecule has 0 spiro atoms. The number of fused-ring (bicyclic) bond motifs is 1. The topological polar surface area (TPSA) is 76.2 Å². The Morgan fingerprint density at radius 1 is 1.33 bits per heavy atom. The van der Waals surface area contributed by atoms with E-state index in [9.17, 15) is 17.6 Å². The van der Waals surface area contributed by atoms with Crippen LogP contribution in [0.15, 0.2) is 34.6 Å². The van der Waals surface area contributed by atoms with E-state index in [-0.39, 0.29) is 28.7 Å². The second kappa shape index (κ2) is 10.3. The monoisotopic (exact) mass is 496 g/mol. The van der Waals surface area contributed by atoms with Gasteiger partial charge in [0.15, 0.2) is 0 Å². The first-order valence-electron chi connectivity index (χ1n) is 10.5. The molecule has 0 radical (unpaired) electrons. The quantitative estimate of drug-likeness (QED) is 0.388. The molecule has 7 nitrogen and oxygen atoms in total. The van der Waals surface area contributed by atoms with Crippen LogP contribution < -0.4 is 4.74 Å². The van der Waals surface area contributed by atoms with E-state index in [1.54, 1.807) is 26.0 Å². The Morgan fingerprint density at radius 3 is 2.67 bits per heavy atom. The molecule has 0 atom stereocenters. The summed E-state index contributed by atoms with van der Waals surface area (Å²) in [6, 6.07) is 4.60. The summed E-state index contributed by atoms with van der Waals surface area (Å²) in [7, 11) is -1.15. The van der Waals surface area contributed by atoms with Crippen LogP contribution in [0.2, 0.25) is 0 Å². The Balaban J connectivity index is 1.97. The van der Waals surface area contributed by atoms with Gasteiger partial charge in [-0.15, -0.1) is 11.3 Å². The third-order valence-electron chi connectivity index (χ3n) is 5.51. The fourth-order valence-corrected chi connectivity index (χ4v) is 7.46. The molecule has 0 fully saturated rings. The molecule has 0 saturated heterocycles. The van der Waals surface area contributed by atoms with Crippen LogP contribution in [0.5, 0.6) is 5.75 Å². The Kier molecular flexibility index (Phi) is 7.94. The molecule has 3 rings (SSSR count). The smallest absolute Gasteiger partial charge is 0.340 e. The summed E-state index contributed by atoms with van der Waals surface area (Å²) < 4.78 is 52.7. The lowest BCUT2D eigenvalue weighted by Gasteiger charge is -2.27. The lowest BCUT2D eigenvalue weighted by Crippen LogP contribution is -2.33. The van der Waals surface area contributed by atoms with Crippen molar-refractivity contribution in [2.45, 2.75) is 37.6 Å². The van der Waals surface area contributed by atoms with Crippen molar-refractivity contribution in [1.29, 1.82) is 0 Å². The first-order chi connectivity index (χ1) is 15.6. The molecule has 1 aliphatic heterocycles. The minimum Gasteiger partial charge on any atom is -0.497 e. The predicted octanol–water partition coefficient (Wildman–Crippen LogP) is 3.83. The van der Waals surface area contributed by atoms with Crippen LogP contribution >= 0.6 is 11.3 Å². The third kappa shape index (κ3) is 5.29. The zero-order valence-corrected chi connectivity index (χ0v) is 20.9. The standard InChI is InChI=1S/C23H29FN2O5S2/c1-6-26(12-15(2)3)33(28,29)23-21(22(27)31-5)18-9-10-25(14-20(18)32-23)13-16-11-17(30-4)7-8-19(16)24/h7-8,11H,2,6,9-10,12-14H2,1,3-5H3. The zero-order valence-electron chi connectivity index (χ0n) is 19.3. The van der Waals surface area contributed by atoms with Gasteiger partial charge in [-0.05, 0) is 37.1 Å². The Labute approximate surface area is 198 Å². The van der Waals surface area contributed by atoms with Gasteiger partial charge < -0.3 is 9.47 Å². The van der Waals surface area contributed by atoms with Gasteiger partial charge in [0.25, 0.3) is 10.0 Å². The number of sulfonamides is 1. The largest absolute Gasteiger partial charge is 0.497 e. The van der Waals surface area contributed by atoms with E-state index in [0.29, 0.717) is 48.5 Å². The number of halogens is 1. The zero-order chi connectivity index (χ0) is 24.3. The highest BCUT2D eigenvalue weighted by atomic mass is 32.2. The first-order valence-corrected chi connectivity index (χ1v) is 12.8. The van der Waals surface area contributed by atoms with E-state index in [4.69, 9.17) is 9.47 Å². The van der Waals surface area contributed by atoms with Gasteiger partial charge in [-0.25, -0.2) is 17.6 Å². The van der Waals surface area contributed by atoms with Crippen LogP contribution in [0.25, 0.3) is 0 Å². The molecule has 180 valence electrons. The van der Waals surface area contributed by atoms with E-state index in [2.05, 4.69) is 6.58 Å². The van der Waals surface area contributed by atoms with Crippen molar-refractivity contribution >= 4 is 27.3 Å². The number of benzene rings is 1. The maximum absolute atomic E-state index is 14.3. The van der Waals surface area contributed by atoms with Crippen molar-refractivity contribution < 1.29 is 27.1 Å². The van der Waals surface area contributed by atoms with Crippen molar-refractivity contribution in [2.24, 2.45) is 0 Å². The van der Waals surface area contributed by atoms with E-state index in [0.717, 1.165) is 16.2 Å². The number of ether oxygens (including phenoxy) is 2. The number of likely N-dealkylation sites (N-methyl/N-ethyl adjacent to an activating group) is 1. The molecule has 2 heterocycles. The maximum atomic E-state index is 14.3. The molecule has 1 aliphatic rings. The van der Waals surface area contributed by atoms with E-state index in [1.807, 2.05) is 4.90 Å². The van der Waals surface area contributed by atoms with Crippen LogP contribution in [0, 0.1) is 5.82 Å². The normalized spacial score (nSPS) is 14.2. The van der Waals surface area contributed by atoms with Crippen molar-refractivity contribution in [2.75, 3.05) is 33.9 Å². The van der Waals surface area contributed by atoms with Crippen molar-refractivity contribution in [3.8, 4) is 5.75 Å². The number of thiophene rings is 1. The van der Waals surface area contributed by atoms with Gasteiger partial charge in [-0.1, -0.05) is 19.1 Å². The highest BCUT2D eigenvalue weighted by Gasteiger charge is 2.36. The minimum absolute atomic E-state index is 0.00291. The highest BCUT2D eigenvalue weighted by Crippen LogP contribution is 2.38. The fourth-order valence-electron chi connectivity index (χ4n) is 3.88. The molecule has 10 heteroatoms. The van der Waals surface area contributed by atoms with Gasteiger partial charge in [0.05, 0.1) is 19.8 Å². The van der Waals surface area contributed by atoms with E-state index >= 15 is 0 Å². The molecule has 0 aliphatic carbocycles. The number of methoxy groups -OCH3 is 2. The van der Waals surface area contributed by atoms with Gasteiger partial charge in [-0.2, -0.15) is 4.31 Å². The van der Waals surface area contributed by atoms with Gasteiger partial charge in [0, 0.05) is 43.2 Å².